The van der Waals surface area contributed by atoms with Gasteiger partial charge in [0.2, 0.25) is 5.91 Å². The van der Waals surface area contributed by atoms with Crippen molar-refractivity contribution >= 4 is 29.1 Å². The second-order valence-electron chi connectivity index (χ2n) is 6.67. The molecule has 0 spiro atoms. The van der Waals surface area contributed by atoms with E-state index in [1.165, 1.54) is 0 Å². The molecule has 3 rings (SSSR count). The lowest BCUT2D eigenvalue weighted by Gasteiger charge is -2.24. The van der Waals surface area contributed by atoms with Gasteiger partial charge in [-0.25, -0.2) is 0 Å². The van der Waals surface area contributed by atoms with Crippen LogP contribution in [0.25, 0.3) is 0 Å². The van der Waals surface area contributed by atoms with Gasteiger partial charge in [0.15, 0.2) is 0 Å². The molecule has 3 N–H and O–H groups in total. The van der Waals surface area contributed by atoms with Gasteiger partial charge in [-0.3, -0.25) is 20.4 Å². The van der Waals surface area contributed by atoms with Gasteiger partial charge in [0.25, 0.3) is 5.91 Å². The summed E-state index contributed by atoms with van der Waals surface area (Å²) in [5.74, 6) is -0.266. The summed E-state index contributed by atoms with van der Waals surface area (Å²) in [7, 11) is 0. The summed E-state index contributed by atoms with van der Waals surface area (Å²) in [4.78, 5) is 24.3. The molecule has 6 nitrogen and oxygen atoms in total. The van der Waals surface area contributed by atoms with E-state index in [1.807, 2.05) is 32.0 Å². The van der Waals surface area contributed by atoms with Crippen LogP contribution in [0.3, 0.4) is 0 Å². The Morgan fingerprint density at radius 2 is 1.96 bits per heavy atom. The monoisotopic (exact) mass is 387 g/mol. The summed E-state index contributed by atoms with van der Waals surface area (Å²) in [6.07, 6.45) is 0.512. The number of hydrazine groups is 1. The zero-order chi connectivity index (χ0) is 19.4. The first-order chi connectivity index (χ1) is 12.9. The van der Waals surface area contributed by atoms with Crippen LogP contribution in [0.15, 0.2) is 36.4 Å². The lowest BCUT2D eigenvalue weighted by Crippen LogP contribution is -2.48. The molecule has 0 aliphatic carbocycles. The van der Waals surface area contributed by atoms with Crippen molar-refractivity contribution in [3.05, 3.63) is 58.1 Å². The van der Waals surface area contributed by atoms with Gasteiger partial charge in [0.1, 0.15) is 12.4 Å². The van der Waals surface area contributed by atoms with Crippen molar-refractivity contribution in [2.45, 2.75) is 20.3 Å². The smallest absolute Gasteiger partial charge is 0.257 e. The van der Waals surface area contributed by atoms with Gasteiger partial charge >= 0.3 is 0 Å². The maximum atomic E-state index is 12.3. The average Bonchev–Trinajstić information content (AvgIpc) is 2.64. The van der Waals surface area contributed by atoms with Crippen LogP contribution in [0, 0.1) is 19.8 Å². The Balaban J connectivity index is 1.47. The number of halogens is 1. The van der Waals surface area contributed by atoms with Crippen molar-refractivity contribution in [2.24, 2.45) is 5.92 Å². The summed E-state index contributed by atoms with van der Waals surface area (Å²) < 4.78 is 5.60. The Morgan fingerprint density at radius 1 is 1.15 bits per heavy atom. The molecule has 7 heteroatoms. The lowest BCUT2D eigenvalue weighted by molar-refractivity contribution is -0.131. The van der Waals surface area contributed by atoms with E-state index in [9.17, 15) is 9.59 Å². The molecule has 2 aromatic carbocycles. The van der Waals surface area contributed by atoms with Gasteiger partial charge in [-0.2, -0.15) is 0 Å². The van der Waals surface area contributed by atoms with Crippen molar-refractivity contribution in [3.8, 4) is 5.75 Å². The molecule has 27 heavy (non-hydrogen) atoms. The molecular formula is C20H22ClN3O3. The van der Waals surface area contributed by atoms with E-state index >= 15 is 0 Å². The second-order valence-corrected chi connectivity index (χ2v) is 7.11. The van der Waals surface area contributed by atoms with Crippen LogP contribution < -0.4 is 20.9 Å². The normalized spacial score (nSPS) is 15.3. The minimum absolute atomic E-state index is 0.0593. The quantitative estimate of drug-likeness (QED) is 0.705. The molecule has 2 aromatic rings. The summed E-state index contributed by atoms with van der Waals surface area (Å²) >= 11 is 5.99. The molecule has 0 aromatic heterocycles. The minimum atomic E-state index is -0.386. The van der Waals surface area contributed by atoms with E-state index in [0.29, 0.717) is 11.4 Å². The van der Waals surface area contributed by atoms with E-state index < -0.39 is 0 Å². The number of benzene rings is 2. The van der Waals surface area contributed by atoms with Crippen LogP contribution in [0.1, 0.15) is 16.7 Å². The number of carbonyl (C=O) groups is 2. The highest BCUT2D eigenvalue weighted by atomic mass is 35.5. The molecule has 0 fully saturated rings. The molecule has 1 aliphatic heterocycles. The van der Waals surface area contributed by atoms with E-state index in [4.69, 9.17) is 16.3 Å². The van der Waals surface area contributed by atoms with Crippen molar-refractivity contribution < 1.29 is 14.3 Å². The Kier molecular flexibility index (Phi) is 5.86. The number of anilines is 1. The summed E-state index contributed by atoms with van der Waals surface area (Å²) in [5.41, 5.74) is 8.89. The van der Waals surface area contributed by atoms with E-state index in [-0.39, 0.29) is 30.9 Å². The third-order valence-electron chi connectivity index (χ3n) is 4.45. The molecule has 2 amide bonds. The highest BCUT2D eigenvalue weighted by Crippen LogP contribution is 2.29. The van der Waals surface area contributed by atoms with E-state index in [2.05, 4.69) is 16.2 Å². The van der Waals surface area contributed by atoms with Crippen LogP contribution >= 0.6 is 11.6 Å². The fourth-order valence-corrected chi connectivity index (χ4v) is 3.19. The summed E-state index contributed by atoms with van der Waals surface area (Å²) in [6.45, 7) is 4.31. The molecule has 0 saturated carbocycles. The molecule has 142 valence electrons. The van der Waals surface area contributed by atoms with Crippen molar-refractivity contribution in [2.75, 3.05) is 18.5 Å². The molecule has 1 heterocycles. The molecular weight excluding hydrogens is 366 g/mol. The first-order valence-corrected chi connectivity index (χ1v) is 9.11. The molecule has 0 radical (unpaired) electrons. The largest absolute Gasteiger partial charge is 0.492 e. The Hall–Kier alpha value is -2.73. The number of aryl methyl sites for hydroxylation is 2. The number of ether oxygens (including phenoxy) is 1. The predicted octanol–water partition coefficient (Wildman–Crippen LogP) is 2.77. The zero-order valence-electron chi connectivity index (χ0n) is 15.3. The molecule has 1 atom stereocenters. The number of rotatable bonds is 4. The van der Waals surface area contributed by atoms with Crippen LogP contribution in [0.4, 0.5) is 5.69 Å². The summed E-state index contributed by atoms with van der Waals surface area (Å²) in [6, 6.07) is 11.3. The highest BCUT2D eigenvalue weighted by Gasteiger charge is 2.26. The number of hydrogen-bond donors (Lipinski definition) is 3. The highest BCUT2D eigenvalue weighted by molar-refractivity contribution is 6.30. The number of fused-ring (bicyclic) bond motifs is 1. The van der Waals surface area contributed by atoms with E-state index in [1.54, 1.807) is 18.2 Å². The first-order valence-electron chi connectivity index (χ1n) is 8.73. The SMILES string of the molecule is Cc1ccc(NCC(=O)NNC(=O)C2COc3ccc(Cl)cc3C2)c(C)c1. The number of amides is 2. The number of carbonyl (C=O) groups excluding carboxylic acids is 2. The standard InChI is InChI=1S/C20H22ClN3O3/c1-12-3-5-17(13(2)7-12)22-10-19(25)23-24-20(26)15-8-14-9-16(21)4-6-18(14)27-11-15/h3-7,9,15,22H,8,10-11H2,1-2H3,(H,23,25)(H,24,26). The Labute approximate surface area is 163 Å². The molecule has 1 aliphatic rings. The van der Waals surface area contributed by atoms with Crippen LogP contribution in [0.2, 0.25) is 5.02 Å². The third-order valence-corrected chi connectivity index (χ3v) is 4.68. The fraction of sp³-hybridized carbons (Fsp3) is 0.300. The van der Waals surface area contributed by atoms with Crippen LogP contribution in [-0.4, -0.2) is 25.0 Å². The van der Waals surface area contributed by atoms with Gasteiger partial charge in [0.05, 0.1) is 12.5 Å². The predicted molar refractivity (Wildman–Crippen MR) is 105 cm³/mol. The van der Waals surface area contributed by atoms with Crippen molar-refractivity contribution in [1.82, 2.24) is 10.9 Å². The third kappa shape index (κ3) is 4.92. The maximum Gasteiger partial charge on any atom is 0.257 e. The van der Waals surface area contributed by atoms with Gasteiger partial charge < -0.3 is 10.1 Å². The average molecular weight is 388 g/mol. The Bertz CT molecular complexity index is 870. The van der Waals surface area contributed by atoms with E-state index in [0.717, 1.165) is 28.1 Å². The second kappa shape index (κ2) is 8.31. The molecule has 1 unspecified atom stereocenters. The number of hydrogen-bond acceptors (Lipinski definition) is 4. The summed E-state index contributed by atoms with van der Waals surface area (Å²) in [5, 5.41) is 3.66. The van der Waals surface area contributed by atoms with Crippen molar-refractivity contribution in [3.63, 3.8) is 0 Å². The van der Waals surface area contributed by atoms with Gasteiger partial charge in [-0.05, 0) is 55.7 Å². The zero-order valence-corrected chi connectivity index (χ0v) is 16.0. The first kappa shape index (κ1) is 19.0. The topological polar surface area (TPSA) is 79.5 Å². The number of nitrogens with one attached hydrogen (secondary N) is 3. The van der Waals surface area contributed by atoms with Crippen LogP contribution in [0.5, 0.6) is 5.75 Å². The molecule has 0 saturated heterocycles. The Morgan fingerprint density at radius 3 is 2.74 bits per heavy atom. The lowest BCUT2D eigenvalue weighted by atomic mass is 9.96. The maximum absolute atomic E-state index is 12.3. The van der Waals surface area contributed by atoms with Gasteiger partial charge in [-0.1, -0.05) is 29.3 Å². The van der Waals surface area contributed by atoms with Gasteiger partial charge in [-0.15, -0.1) is 0 Å². The molecule has 0 bridgehead atoms. The van der Waals surface area contributed by atoms with Gasteiger partial charge in [0, 0.05) is 10.7 Å². The fourth-order valence-electron chi connectivity index (χ4n) is 3.00. The van der Waals surface area contributed by atoms with Crippen molar-refractivity contribution in [1.29, 1.82) is 0 Å². The minimum Gasteiger partial charge on any atom is -0.492 e. The van der Waals surface area contributed by atoms with Crippen LogP contribution in [-0.2, 0) is 16.0 Å².